The van der Waals surface area contributed by atoms with Crippen molar-refractivity contribution in [2.45, 2.75) is 6.92 Å². The minimum absolute atomic E-state index is 0.108. The van der Waals surface area contributed by atoms with Crippen molar-refractivity contribution in [3.8, 4) is 11.5 Å². The molecule has 0 unspecified atom stereocenters. The molecule has 1 aromatic heterocycles. The smallest absolute Gasteiger partial charge is 0.229 e. The molecule has 0 saturated heterocycles. The minimum atomic E-state index is -0.108. The molecule has 8 heteroatoms. The van der Waals surface area contributed by atoms with Crippen LogP contribution in [-0.2, 0) is 4.79 Å². The highest BCUT2D eigenvalue weighted by Gasteiger charge is 2.02. The van der Waals surface area contributed by atoms with E-state index in [0.717, 1.165) is 22.9 Å². The predicted octanol–water partition coefficient (Wildman–Crippen LogP) is 3.68. The van der Waals surface area contributed by atoms with Crippen LogP contribution in [0.3, 0.4) is 0 Å². The molecule has 3 aromatic rings. The van der Waals surface area contributed by atoms with Gasteiger partial charge in [0.1, 0.15) is 23.9 Å². The van der Waals surface area contributed by atoms with Crippen LogP contribution in [0.25, 0.3) is 0 Å². The van der Waals surface area contributed by atoms with Crippen LogP contribution in [0, 0.1) is 0 Å². The molecular weight excluding hydrogens is 370 g/mol. The molecule has 0 radical (unpaired) electrons. The number of carbonyl (C=O) groups excluding carboxylic acids is 1. The number of anilines is 4. The second kappa shape index (κ2) is 9.93. The average Bonchev–Trinajstić information content (AvgIpc) is 2.73. The fourth-order valence-corrected chi connectivity index (χ4v) is 2.51. The Balaban J connectivity index is 1.48. The van der Waals surface area contributed by atoms with E-state index in [2.05, 4.69) is 25.9 Å². The minimum Gasteiger partial charge on any atom is -0.497 e. The molecular formula is C21H23N5O3. The maximum Gasteiger partial charge on any atom is 0.229 e. The van der Waals surface area contributed by atoms with Gasteiger partial charge in [-0.15, -0.1) is 0 Å². The lowest BCUT2D eigenvalue weighted by Crippen LogP contribution is -2.13. The summed E-state index contributed by atoms with van der Waals surface area (Å²) < 4.78 is 10.8. The number of amides is 1. The molecule has 8 nitrogen and oxygen atoms in total. The largest absolute Gasteiger partial charge is 0.497 e. The van der Waals surface area contributed by atoms with E-state index in [9.17, 15) is 4.79 Å². The summed E-state index contributed by atoms with van der Waals surface area (Å²) >= 11 is 0. The van der Waals surface area contributed by atoms with Crippen LogP contribution >= 0.6 is 0 Å². The zero-order valence-electron chi connectivity index (χ0n) is 16.3. The molecule has 2 aromatic carbocycles. The number of ether oxygens (including phenoxy) is 2. The summed E-state index contributed by atoms with van der Waals surface area (Å²) in [4.78, 5) is 19.7. The first-order valence-electron chi connectivity index (χ1n) is 9.11. The van der Waals surface area contributed by atoms with Crippen molar-refractivity contribution >= 4 is 29.0 Å². The lowest BCUT2D eigenvalue weighted by molar-refractivity contribution is -0.114. The summed E-state index contributed by atoms with van der Waals surface area (Å²) in [5, 5.41) is 9.07. The maximum atomic E-state index is 11.1. The molecule has 0 fully saturated rings. The van der Waals surface area contributed by atoms with Gasteiger partial charge in [0, 0.05) is 24.5 Å². The van der Waals surface area contributed by atoms with Gasteiger partial charge in [-0.05, 0) is 54.6 Å². The van der Waals surface area contributed by atoms with E-state index >= 15 is 0 Å². The van der Waals surface area contributed by atoms with Crippen molar-refractivity contribution < 1.29 is 14.3 Å². The van der Waals surface area contributed by atoms with Crippen molar-refractivity contribution in [2.75, 3.05) is 36.2 Å². The van der Waals surface area contributed by atoms with Crippen molar-refractivity contribution in [3.05, 3.63) is 60.8 Å². The summed E-state index contributed by atoms with van der Waals surface area (Å²) in [7, 11) is 1.63. The number of nitrogens with one attached hydrogen (secondary N) is 3. The van der Waals surface area contributed by atoms with Crippen LogP contribution in [0.4, 0.5) is 23.1 Å². The van der Waals surface area contributed by atoms with Gasteiger partial charge in [-0.2, -0.15) is 4.98 Å². The van der Waals surface area contributed by atoms with E-state index in [1.807, 2.05) is 48.5 Å². The van der Waals surface area contributed by atoms with Crippen LogP contribution in [0.15, 0.2) is 60.8 Å². The molecule has 0 aliphatic heterocycles. The van der Waals surface area contributed by atoms with Gasteiger partial charge in [-0.25, -0.2) is 4.98 Å². The van der Waals surface area contributed by atoms with Crippen LogP contribution < -0.4 is 25.4 Å². The number of hydrogen-bond donors (Lipinski definition) is 3. The Morgan fingerprint density at radius 3 is 2.34 bits per heavy atom. The van der Waals surface area contributed by atoms with Crippen molar-refractivity contribution in [2.24, 2.45) is 0 Å². The topological polar surface area (TPSA) is 97.4 Å². The molecule has 0 atom stereocenters. The number of carbonyl (C=O) groups is 1. The first-order valence-corrected chi connectivity index (χ1v) is 9.11. The third kappa shape index (κ3) is 6.39. The molecule has 29 heavy (non-hydrogen) atoms. The van der Waals surface area contributed by atoms with E-state index in [4.69, 9.17) is 9.47 Å². The summed E-state index contributed by atoms with van der Waals surface area (Å²) in [6, 6.07) is 16.5. The standard InChI is InChI=1S/C21H23N5O3/c1-15(27)24-16-3-5-17(6-4-16)25-21-23-12-11-20(26-21)22-13-14-29-19-9-7-18(28-2)8-10-19/h3-12H,13-14H2,1-2H3,(H,24,27)(H2,22,23,25,26). The van der Waals surface area contributed by atoms with Crippen molar-refractivity contribution in [1.82, 2.24) is 9.97 Å². The molecule has 0 aliphatic rings. The number of hydrogen-bond acceptors (Lipinski definition) is 7. The van der Waals surface area contributed by atoms with Gasteiger partial charge in [-0.1, -0.05) is 0 Å². The van der Waals surface area contributed by atoms with E-state index in [1.165, 1.54) is 6.92 Å². The zero-order chi connectivity index (χ0) is 20.5. The predicted molar refractivity (Wildman–Crippen MR) is 113 cm³/mol. The molecule has 0 spiro atoms. The molecule has 0 bridgehead atoms. The third-order valence-corrected chi connectivity index (χ3v) is 3.85. The second-order valence-electron chi connectivity index (χ2n) is 6.10. The highest BCUT2D eigenvalue weighted by molar-refractivity contribution is 5.88. The molecule has 3 rings (SSSR count). The van der Waals surface area contributed by atoms with E-state index in [-0.39, 0.29) is 5.91 Å². The number of rotatable bonds is 9. The van der Waals surface area contributed by atoms with Gasteiger partial charge in [-0.3, -0.25) is 4.79 Å². The van der Waals surface area contributed by atoms with Crippen LogP contribution in [0.5, 0.6) is 11.5 Å². The summed E-state index contributed by atoms with van der Waals surface area (Å²) in [6.07, 6.45) is 1.67. The lowest BCUT2D eigenvalue weighted by Gasteiger charge is -2.10. The Bertz CT molecular complexity index is 930. The SMILES string of the molecule is COc1ccc(OCCNc2ccnc(Nc3ccc(NC(C)=O)cc3)n2)cc1. The summed E-state index contributed by atoms with van der Waals surface area (Å²) in [5.74, 6) is 2.62. The molecule has 1 heterocycles. The Kier molecular flexibility index (Phi) is 6.83. The van der Waals surface area contributed by atoms with E-state index < -0.39 is 0 Å². The van der Waals surface area contributed by atoms with Gasteiger partial charge in [0.15, 0.2) is 0 Å². The van der Waals surface area contributed by atoms with E-state index in [1.54, 1.807) is 19.4 Å². The van der Waals surface area contributed by atoms with Gasteiger partial charge >= 0.3 is 0 Å². The Labute approximate surface area is 169 Å². The zero-order valence-corrected chi connectivity index (χ0v) is 16.3. The first kappa shape index (κ1) is 19.9. The van der Waals surface area contributed by atoms with Crippen molar-refractivity contribution in [3.63, 3.8) is 0 Å². The second-order valence-corrected chi connectivity index (χ2v) is 6.10. The fraction of sp³-hybridized carbons (Fsp3) is 0.190. The van der Waals surface area contributed by atoms with Crippen LogP contribution in [0.2, 0.25) is 0 Å². The quantitative estimate of drug-likeness (QED) is 0.477. The van der Waals surface area contributed by atoms with Crippen LogP contribution in [-0.4, -0.2) is 36.1 Å². The Morgan fingerprint density at radius 2 is 1.66 bits per heavy atom. The monoisotopic (exact) mass is 393 g/mol. The summed E-state index contributed by atoms with van der Waals surface area (Å²) in [5.41, 5.74) is 1.55. The maximum absolute atomic E-state index is 11.1. The fourth-order valence-electron chi connectivity index (χ4n) is 2.51. The summed E-state index contributed by atoms with van der Waals surface area (Å²) in [6.45, 7) is 2.55. The normalized spacial score (nSPS) is 10.1. The first-order chi connectivity index (χ1) is 14.1. The highest BCUT2D eigenvalue weighted by Crippen LogP contribution is 2.18. The van der Waals surface area contributed by atoms with Gasteiger partial charge in [0.2, 0.25) is 11.9 Å². The molecule has 150 valence electrons. The van der Waals surface area contributed by atoms with E-state index in [0.29, 0.717) is 24.9 Å². The average molecular weight is 393 g/mol. The molecule has 3 N–H and O–H groups in total. The van der Waals surface area contributed by atoms with Gasteiger partial charge < -0.3 is 25.4 Å². The number of aromatic nitrogens is 2. The number of benzene rings is 2. The molecule has 0 aliphatic carbocycles. The number of methoxy groups -OCH3 is 1. The number of nitrogens with zero attached hydrogens (tertiary/aromatic N) is 2. The lowest BCUT2D eigenvalue weighted by atomic mass is 10.3. The van der Waals surface area contributed by atoms with Crippen LogP contribution in [0.1, 0.15) is 6.92 Å². The molecule has 0 saturated carbocycles. The van der Waals surface area contributed by atoms with Gasteiger partial charge in [0.25, 0.3) is 0 Å². The van der Waals surface area contributed by atoms with Gasteiger partial charge in [0.05, 0.1) is 13.7 Å². The Morgan fingerprint density at radius 1 is 0.966 bits per heavy atom. The molecule has 1 amide bonds. The Hall–Kier alpha value is -3.81. The van der Waals surface area contributed by atoms with Crippen molar-refractivity contribution in [1.29, 1.82) is 0 Å². The third-order valence-electron chi connectivity index (χ3n) is 3.85. The highest BCUT2D eigenvalue weighted by atomic mass is 16.5.